The average molecular weight is 466 g/mol. The zero-order valence-electron chi connectivity index (χ0n) is 19.2. The lowest BCUT2D eigenvalue weighted by Gasteiger charge is -2.07. The molecule has 0 bridgehead atoms. The van der Waals surface area contributed by atoms with Crippen molar-refractivity contribution in [1.29, 1.82) is 0 Å². The maximum absolute atomic E-state index is 11.6. The molecule has 0 aliphatic heterocycles. The van der Waals surface area contributed by atoms with Crippen LogP contribution in [0.1, 0.15) is 39.2 Å². The molecule has 2 aromatic heterocycles. The fourth-order valence-electron chi connectivity index (χ4n) is 3.98. The molecule has 0 aliphatic rings. The molecule has 7 heteroatoms. The topological polar surface area (TPSA) is 70.2 Å². The second kappa shape index (κ2) is 10.2. The number of hydrogen-bond donors (Lipinski definition) is 0. The Hall–Kier alpha value is -3.12. The molecule has 0 unspecified atom stereocenters. The largest absolute Gasteiger partial charge is 0.466 e. The van der Waals surface area contributed by atoms with Crippen molar-refractivity contribution in [1.82, 2.24) is 14.7 Å². The summed E-state index contributed by atoms with van der Waals surface area (Å²) in [4.78, 5) is 16.3. The van der Waals surface area contributed by atoms with E-state index in [1.165, 1.54) is 0 Å². The molecule has 0 N–H and O–H groups in total. The van der Waals surface area contributed by atoms with Gasteiger partial charge in [-0.1, -0.05) is 48.8 Å². The minimum atomic E-state index is -0.161. The first kappa shape index (κ1) is 23.1. The summed E-state index contributed by atoms with van der Waals surface area (Å²) in [6, 6.07) is 13.9. The Balaban J connectivity index is 1.55. The van der Waals surface area contributed by atoms with Crippen LogP contribution in [0.15, 0.2) is 53.2 Å². The van der Waals surface area contributed by atoms with Gasteiger partial charge in [0, 0.05) is 46.2 Å². The molecule has 0 atom stereocenters. The minimum absolute atomic E-state index is 0.161. The van der Waals surface area contributed by atoms with E-state index in [-0.39, 0.29) is 5.97 Å². The number of aryl methyl sites for hydroxylation is 1. The molecular formula is C26H28ClN3O3. The van der Waals surface area contributed by atoms with E-state index in [0.29, 0.717) is 42.1 Å². The van der Waals surface area contributed by atoms with Crippen molar-refractivity contribution in [2.24, 2.45) is 5.92 Å². The second-order valence-corrected chi connectivity index (χ2v) is 8.89. The van der Waals surface area contributed by atoms with Crippen LogP contribution in [0.25, 0.3) is 33.7 Å². The van der Waals surface area contributed by atoms with Gasteiger partial charge in [-0.2, -0.15) is 4.98 Å². The first-order valence-corrected chi connectivity index (χ1v) is 11.7. The number of fused-ring (bicyclic) bond motifs is 1. The molecule has 0 saturated carbocycles. The molecule has 0 amide bonds. The summed E-state index contributed by atoms with van der Waals surface area (Å²) < 4.78 is 12.7. The average Bonchev–Trinajstić information content (AvgIpc) is 3.43. The summed E-state index contributed by atoms with van der Waals surface area (Å²) in [5.41, 5.74) is 3.87. The summed E-state index contributed by atoms with van der Waals surface area (Å²) in [6.45, 7) is 7.30. The number of esters is 1. The maximum atomic E-state index is 11.6. The minimum Gasteiger partial charge on any atom is -0.466 e. The van der Waals surface area contributed by atoms with Crippen molar-refractivity contribution in [2.45, 2.75) is 46.6 Å². The van der Waals surface area contributed by atoms with Gasteiger partial charge in [-0.15, -0.1) is 0 Å². The van der Waals surface area contributed by atoms with Gasteiger partial charge in [0.25, 0.3) is 5.89 Å². The number of hydrogen-bond acceptors (Lipinski definition) is 5. The van der Waals surface area contributed by atoms with Crippen molar-refractivity contribution in [3.05, 3.63) is 59.2 Å². The summed E-state index contributed by atoms with van der Waals surface area (Å²) in [7, 11) is 0. The Bertz CT molecular complexity index is 1260. The fraction of sp³-hybridized carbons (Fsp3) is 0.346. The van der Waals surface area contributed by atoms with Gasteiger partial charge < -0.3 is 13.8 Å². The molecular weight excluding hydrogens is 438 g/mol. The van der Waals surface area contributed by atoms with Crippen LogP contribution in [-0.2, 0) is 22.5 Å². The maximum Gasteiger partial charge on any atom is 0.305 e. The molecule has 172 valence electrons. The summed E-state index contributed by atoms with van der Waals surface area (Å²) in [5.74, 6) is 1.34. The second-order valence-electron chi connectivity index (χ2n) is 8.48. The van der Waals surface area contributed by atoms with Crippen molar-refractivity contribution < 1.29 is 14.1 Å². The SMILES string of the molecule is CCOC(=O)CCCn1ccc2c(-c3noc(-c4ccc(CC(C)C)c(Cl)c4)n3)cccc21. The highest BCUT2D eigenvalue weighted by molar-refractivity contribution is 6.31. The monoisotopic (exact) mass is 465 g/mol. The Morgan fingerprint density at radius 1 is 1.21 bits per heavy atom. The van der Waals surface area contributed by atoms with Crippen molar-refractivity contribution in [3.63, 3.8) is 0 Å². The Kier molecular flexibility index (Phi) is 7.14. The smallest absolute Gasteiger partial charge is 0.305 e. The molecule has 4 aromatic rings. The lowest BCUT2D eigenvalue weighted by atomic mass is 10.0. The standard InChI is InChI=1S/C26H28ClN3O3/c1-4-32-24(31)9-6-13-30-14-12-20-21(7-5-8-23(20)30)25-28-26(33-29-25)19-11-10-18(15-17(2)3)22(27)16-19/h5,7-8,10-12,14,16-17H,4,6,9,13,15H2,1-3H3. The van der Waals surface area contributed by atoms with E-state index >= 15 is 0 Å². The summed E-state index contributed by atoms with van der Waals surface area (Å²) in [5, 5.41) is 5.97. The molecule has 2 heterocycles. The van der Waals surface area contributed by atoms with Gasteiger partial charge in [-0.3, -0.25) is 4.79 Å². The molecule has 2 aromatic carbocycles. The van der Waals surface area contributed by atoms with E-state index in [9.17, 15) is 4.79 Å². The first-order valence-electron chi connectivity index (χ1n) is 11.3. The number of aromatic nitrogens is 3. The van der Waals surface area contributed by atoms with E-state index in [4.69, 9.17) is 20.9 Å². The molecule has 6 nitrogen and oxygen atoms in total. The van der Waals surface area contributed by atoms with Crippen molar-refractivity contribution in [3.8, 4) is 22.8 Å². The highest BCUT2D eigenvalue weighted by atomic mass is 35.5. The lowest BCUT2D eigenvalue weighted by molar-refractivity contribution is -0.143. The van der Waals surface area contributed by atoms with Gasteiger partial charge in [-0.05, 0) is 55.5 Å². The van der Waals surface area contributed by atoms with E-state index < -0.39 is 0 Å². The van der Waals surface area contributed by atoms with Crippen LogP contribution in [-0.4, -0.2) is 27.3 Å². The van der Waals surface area contributed by atoms with Crippen LogP contribution in [0.2, 0.25) is 5.02 Å². The van der Waals surface area contributed by atoms with Crippen LogP contribution in [0, 0.1) is 5.92 Å². The molecule has 0 saturated heterocycles. The normalized spacial score (nSPS) is 11.4. The Labute approximate surface area is 198 Å². The molecule has 33 heavy (non-hydrogen) atoms. The molecule has 0 radical (unpaired) electrons. The quantitative estimate of drug-likeness (QED) is 0.262. The number of carbonyl (C=O) groups is 1. The zero-order chi connectivity index (χ0) is 23.4. The predicted octanol–water partition coefficient (Wildman–Crippen LogP) is 6.55. The summed E-state index contributed by atoms with van der Waals surface area (Å²) >= 11 is 6.49. The number of ether oxygens (including phenoxy) is 1. The van der Waals surface area contributed by atoms with Gasteiger partial charge in [0.05, 0.1) is 6.61 Å². The van der Waals surface area contributed by atoms with Crippen molar-refractivity contribution in [2.75, 3.05) is 6.61 Å². The highest BCUT2D eigenvalue weighted by Gasteiger charge is 2.16. The number of carbonyl (C=O) groups excluding carboxylic acids is 1. The predicted molar refractivity (Wildman–Crippen MR) is 130 cm³/mol. The zero-order valence-corrected chi connectivity index (χ0v) is 19.9. The van der Waals surface area contributed by atoms with Crippen LogP contribution < -0.4 is 0 Å². The third kappa shape index (κ3) is 5.28. The first-order chi connectivity index (χ1) is 16.0. The number of nitrogens with zero attached hydrogens (tertiary/aromatic N) is 3. The third-order valence-electron chi connectivity index (χ3n) is 5.49. The van der Waals surface area contributed by atoms with Gasteiger partial charge in [-0.25, -0.2) is 0 Å². The van der Waals surface area contributed by atoms with E-state index in [2.05, 4.69) is 34.6 Å². The van der Waals surface area contributed by atoms with Crippen molar-refractivity contribution >= 4 is 28.5 Å². The van der Waals surface area contributed by atoms with Gasteiger partial charge in [0.1, 0.15) is 0 Å². The van der Waals surface area contributed by atoms with E-state index in [0.717, 1.165) is 40.6 Å². The lowest BCUT2D eigenvalue weighted by Crippen LogP contribution is -2.05. The number of rotatable bonds is 9. The van der Waals surface area contributed by atoms with Crippen LogP contribution in [0.4, 0.5) is 0 Å². The van der Waals surface area contributed by atoms with E-state index in [1.54, 1.807) is 0 Å². The van der Waals surface area contributed by atoms with Crippen LogP contribution in [0.3, 0.4) is 0 Å². The molecule has 0 fully saturated rings. The fourth-order valence-corrected chi connectivity index (χ4v) is 4.23. The van der Waals surface area contributed by atoms with Crippen LogP contribution in [0.5, 0.6) is 0 Å². The summed E-state index contributed by atoms with van der Waals surface area (Å²) in [6.07, 6.45) is 4.06. The number of halogens is 1. The van der Waals surface area contributed by atoms with E-state index in [1.807, 2.05) is 49.5 Å². The molecule has 0 spiro atoms. The Morgan fingerprint density at radius 2 is 2.06 bits per heavy atom. The molecule has 4 rings (SSSR count). The van der Waals surface area contributed by atoms with Gasteiger partial charge >= 0.3 is 5.97 Å². The third-order valence-corrected chi connectivity index (χ3v) is 5.85. The highest BCUT2D eigenvalue weighted by Crippen LogP contribution is 2.31. The number of benzene rings is 2. The van der Waals surface area contributed by atoms with Gasteiger partial charge in [0.15, 0.2) is 0 Å². The Morgan fingerprint density at radius 3 is 2.82 bits per heavy atom. The molecule has 0 aliphatic carbocycles. The van der Waals surface area contributed by atoms with Gasteiger partial charge in [0.2, 0.25) is 5.82 Å². The van der Waals surface area contributed by atoms with Crippen LogP contribution >= 0.6 is 11.6 Å².